The van der Waals surface area contributed by atoms with Gasteiger partial charge in [0.1, 0.15) is 4.90 Å². The molecule has 3 N–H and O–H groups in total. The molecule has 0 spiro atoms. The van der Waals surface area contributed by atoms with Crippen LogP contribution in [-0.2, 0) is 16.4 Å². The van der Waals surface area contributed by atoms with E-state index in [0.29, 0.717) is 17.3 Å². The highest BCUT2D eigenvalue weighted by Crippen LogP contribution is 2.22. The van der Waals surface area contributed by atoms with Gasteiger partial charge in [0.05, 0.1) is 5.69 Å². The van der Waals surface area contributed by atoms with E-state index < -0.39 is 10.0 Å². The first-order chi connectivity index (χ1) is 8.99. The number of nitrogen functional groups attached to an aromatic ring is 1. The smallest absolute Gasteiger partial charge is 0.242 e. The van der Waals surface area contributed by atoms with E-state index >= 15 is 0 Å². The number of hydrogen-bond acceptors (Lipinski definition) is 6. The van der Waals surface area contributed by atoms with Gasteiger partial charge in [-0.3, -0.25) is 0 Å². The number of aromatic nitrogens is 2. The lowest BCUT2D eigenvalue weighted by atomic mass is 10.3. The lowest BCUT2D eigenvalue weighted by molar-refractivity contribution is 0.410. The number of benzene rings is 1. The van der Waals surface area contributed by atoms with Crippen molar-refractivity contribution < 1.29 is 12.9 Å². The topological polar surface area (TPSA) is 111 Å². The molecule has 0 saturated heterocycles. The Labute approximate surface area is 114 Å². The van der Waals surface area contributed by atoms with Crippen LogP contribution < -0.4 is 10.5 Å². The van der Waals surface area contributed by atoms with Crippen LogP contribution in [0.2, 0.25) is 5.02 Å². The predicted molar refractivity (Wildman–Crippen MR) is 69.1 cm³/mol. The molecule has 0 fully saturated rings. The van der Waals surface area contributed by atoms with Crippen molar-refractivity contribution in [3.8, 4) is 0 Å². The fraction of sp³-hybridized carbons (Fsp3) is 0.200. The summed E-state index contributed by atoms with van der Waals surface area (Å²) in [6, 6.07) is 4.26. The third kappa shape index (κ3) is 3.43. The van der Waals surface area contributed by atoms with Crippen LogP contribution in [0, 0.1) is 0 Å². The van der Waals surface area contributed by atoms with Gasteiger partial charge in [-0.15, -0.1) is 0 Å². The molecule has 7 nitrogen and oxygen atoms in total. The third-order valence-electron chi connectivity index (χ3n) is 2.31. The average Bonchev–Trinajstić information content (AvgIpc) is 2.85. The van der Waals surface area contributed by atoms with Crippen molar-refractivity contribution in [2.45, 2.75) is 11.3 Å². The molecule has 9 heteroatoms. The van der Waals surface area contributed by atoms with Gasteiger partial charge in [0.25, 0.3) is 0 Å². The number of nitrogens with zero attached hydrogens (tertiary/aromatic N) is 2. The van der Waals surface area contributed by atoms with Gasteiger partial charge >= 0.3 is 0 Å². The Bertz CT molecular complexity index is 657. The summed E-state index contributed by atoms with van der Waals surface area (Å²) in [5.41, 5.74) is 5.76. The molecule has 1 aromatic carbocycles. The molecule has 19 heavy (non-hydrogen) atoms. The number of hydrogen-bond donors (Lipinski definition) is 2. The van der Waals surface area contributed by atoms with Crippen molar-refractivity contribution in [2.24, 2.45) is 0 Å². The van der Waals surface area contributed by atoms with E-state index in [0.717, 1.165) is 0 Å². The van der Waals surface area contributed by atoms with E-state index in [1.165, 1.54) is 24.6 Å². The van der Waals surface area contributed by atoms with Gasteiger partial charge in [-0.1, -0.05) is 16.8 Å². The highest BCUT2D eigenvalue weighted by molar-refractivity contribution is 7.89. The molecule has 2 rings (SSSR count). The second-order valence-electron chi connectivity index (χ2n) is 3.68. The maximum absolute atomic E-state index is 12.0. The first-order valence-electron chi connectivity index (χ1n) is 5.29. The Morgan fingerprint density at radius 3 is 2.89 bits per heavy atom. The molecule has 0 radical (unpaired) electrons. The number of sulfonamides is 1. The Morgan fingerprint density at radius 2 is 2.21 bits per heavy atom. The van der Waals surface area contributed by atoms with Gasteiger partial charge in [0, 0.05) is 18.0 Å². The summed E-state index contributed by atoms with van der Waals surface area (Å²) in [7, 11) is -3.71. The molecule has 102 valence electrons. The molecule has 2 aromatic rings. The van der Waals surface area contributed by atoms with E-state index in [4.69, 9.17) is 17.3 Å². The molecule has 0 unspecified atom stereocenters. The molecular formula is C10H11ClN4O3S. The molecule has 0 atom stereocenters. The van der Waals surface area contributed by atoms with Crippen LogP contribution in [0.5, 0.6) is 0 Å². The van der Waals surface area contributed by atoms with Crippen molar-refractivity contribution in [1.82, 2.24) is 14.9 Å². The SMILES string of the molecule is Nc1ccc(Cl)cc1S(=O)(=O)NCCc1ncon1. The number of halogens is 1. The zero-order valence-electron chi connectivity index (χ0n) is 9.71. The maximum Gasteiger partial charge on any atom is 0.242 e. The van der Waals surface area contributed by atoms with Crippen molar-refractivity contribution in [1.29, 1.82) is 0 Å². The molecule has 1 heterocycles. The van der Waals surface area contributed by atoms with Gasteiger partial charge in [0.15, 0.2) is 5.82 Å². The van der Waals surface area contributed by atoms with Gasteiger partial charge in [-0.05, 0) is 18.2 Å². The summed E-state index contributed by atoms with van der Waals surface area (Å²) in [5.74, 6) is 0.418. The Balaban J connectivity index is 2.07. The lowest BCUT2D eigenvalue weighted by Crippen LogP contribution is -2.27. The molecule has 0 saturated carbocycles. The van der Waals surface area contributed by atoms with E-state index in [1.54, 1.807) is 0 Å². The van der Waals surface area contributed by atoms with Crippen LogP contribution in [0.15, 0.2) is 34.0 Å². The lowest BCUT2D eigenvalue weighted by Gasteiger charge is -2.08. The summed E-state index contributed by atoms with van der Waals surface area (Å²) >= 11 is 5.76. The van der Waals surface area contributed by atoms with Crippen molar-refractivity contribution in [3.63, 3.8) is 0 Å². The summed E-state index contributed by atoms with van der Waals surface area (Å²) < 4.78 is 31.0. The number of nitrogens with two attached hydrogens (primary N) is 1. The van der Waals surface area contributed by atoms with E-state index in [2.05, 4.69) is 19.4 Å². The zero-order chi connectivity index (χ0) is 13.9. The Morgan fingerprint density at radius 1 is 1.42 bits per heavy atom. The normalized spacial score (nSPS) is 11.6. The minimum absolute atomic E-state index is 0.0480. The highest BCUT2D eigenvalue weighted by Gasteiger charge is 2.17. The number of anilines is 1. The zero-order valence-corrected chi connectivity index (χ0v) is 11.3. The first kappa shape index (κ1) is 13.8. The standard InChI is InChI=1S/C10H11ClN4O3S/c11-7-1-2-8(12)9(5-7)19(16,17)14-4-3-10-13-6-18-15-10/h1-2,5-6,14H,3-4,12H2. The van der Waals surface area contributed by atoms with E-state index in [9.17, 15) is 8.42 Å². The monoisotopic (exact) mass is 302 g/mol. The largest absolute Gasteiger partial charge is 0.398 e. The van der Waals surface area contributed by atoms with Crippen LogP contribution in [0.1, 0.15) is 5.82 Å². The second-order valence-corrected chi connectivity index (χ2v) is 5.85. The van der Waals surface area contributed by atoms with E-state index in [-0.39, 0.29) is 17.1 Å². The van der Waals surface area contributed by atoms with Gasteiger partial charge < -0.3 is 10.3 Å². The summed E-state index contributed by atoms with van der Waals surface area (Å²) in [6.07, 6.45) is 1.50. The van der Waals surface area contributed by atoms with Crippen LogP contribution in [0.25, 0.3) is 0 Å². The Hall–Kier alpha value is -1.64. The van der Waals surface area contributed by atoms with Crippen molar-refractivity contribution in [2.75, 3.05) is 12.3 Å². The summed E-state index contributed by atoms with van der Waals surface area (Å²) in [5, 5.41) is 3.87. The molecule has 0 bridgehead atoms. The van der Waals surface area contributed by atoms with Crippen LogP contribution in [-0.4, -0.2) is 25.1 Å². The molecule has 0 aliphatic carbocycles. The van der Waals surface area contributed by atoms with Gasteiger partial charge in [-0.2, -0.15) is 4.98 Å². The molecular weight excluding hydrogens is 292 g/mol. The van der Waals surface area contributed by atoms with Gasteiger partial charge in [-0.25, -0.2) is 13.1 Å². The minimum Gasteiger partial charge on any atom is -0.398 e. The quantitative estimate of drug-likeness (QED) is 0.791. The fourth-order valence-corrected chi connectivity index (χ4v) is 2.84. The Kier molecular flexibility index (Phi) is 4.03. The highest BCUT2D eigenvalue weighted by atomic mass is 35.5. The third-order valence-corrected chi connectivity index (χ3v) is 4.06. The number of nitrogens with one attached hydrogen (secondary N) is 1. The van der Waals surface area contributed by atoms with Crippen LogP contribution >= 0.6 is 11.6 Å². The maximum atomic E-state index is 12.0. The molecule has 1 aromatic heterocycles. The average molecular weight is 303 g/mol. The molecule has 0 amide bonds. The predicted octanol–water partition coefficient (Wildman–Crippen LogP) is 0.826. The van der Waals surface area contributed by atoms with Crippen molar-refractivity contribution in [3.05, 3.63) is 35.4 Å². The first-order valence-corrected chi connectivity index (χ1v) is 7.15. The van der Waals surface area contributed by atoms with E-state index in [1.807, 2.05) is 0 Å². The summed E-state index contributed by atoms with van der Waals surface area (Å²) in [6.45, 7) is 0.133. The second kappa shape index (κ2) is 5.55. The summed E-state index contributed by atoms with van der Waals surface area (Å²) in [4.78, 5) is 3.73. The van der Waals surface area contributed by atoms with Crippen molar-refractivity contribution >= 4 is 27.3 Å². The molecule has 0 aliphatic heterocycles. The minimum atomic E-state index is -3.71. The van der Waals surface area contributed by atoms with Crippen LogP contribution in [0.4, 0.5) is 5.69 Å². The number of rotatable bonds is 5. The van der Waals surface area contributed by atoms with Crippen LogP contribution in [0.3, 0.4) is 0 Å². The molecule has 0 aliphatic rings. The fourth-order valence-electron chi connectivity index (χ4n) is 1.42. The van der Waals surface area contributed by atoms with Gasteiger partial charge in [0.2, 0.25) is 16.4 Å².